The lowest BCUT2D eigenvalue weighted by Gasteiger charge is -2.32. The van der Waals surface area contributed by atoms with Crippen LogP contribution < -0.4 is 4.90 Å². The molecule has 0 spiro atoms. The minimum atomic E-state index is -1.23. The molecule has 2 heterocycles. The molecule has 0 radical (unpaired) electrons. The minimum Gasteiger partial charge on any atom is -0.506 e. The standard InChI is InChI=1S/C10H11N3O4/c14-7-1-2-8(11-5-7)12-3-4-13(10(16)17)9(15)6-12/h1-2,5,14H,3-4,6H2,(H,16,17). The predicted molar refractivity (Wildman–Crippen MR) is 57.9 cm³/mol. The monoisotopic (exact) mass is 237 g/mol. The Morgan fingerprint density at radius 1 is 1.35 bits per heavy atom. The van der Waals surface area contributed by atoms with Crippen molar-refractivity contribution >= 4 is 17.8 Å². The number of carboxylic acid groups (broad SMARTS) is 1. The first-order valence-corrected chi connectivity index (χ1v) is 5.01. The van der Waals surface area contributed by atoms with E-state index in [1.807, 2.05) is 0 Å². The number of imide groups is 1. The number of amides is 2. The van der Waals surface area contributed by atoms with Gasteiger partial charge in [-0.25, -0.2) is 14.7 Å². The van der Waals surface area contributed by atoms with Crippen molar-refractivity contribution in [3.8, 4) is 5.75 Å². The fourth-order valence-electron chi connectivity index (χ4n) is 1.64. The van der Waals surface area contributed by atoms with Crippen molar-refractivity contribution in [3.05, 3.63) is 18.3 Å². The first-order valence-electron chi connectivity index (χ1n) is 5.01. The van der Waals surface area contributed by atoms with Crippen LogP contribution >= 0.6 is 0 Å². The molecule has 7 nitrogen and oxygen atoms in total. The molecule has 1 aliphatic rings. The molecule has 1 aromatic heterocycles. The maximum absolute atomic E-state index is 11.5. The Labute approximate surface area is 96.9 Å². The molecular formula is C10H11N3O4. The van der Waals surface area contributed by atoms with Crippen molar-refractivity contribution in [1.29, 1.82) is 0 Å². The van der Waals surface area contributed by atoms with Crippen LogP contribution in [0.15, 0.2) is 18.3 Å². The van der Waals surface area contributed by atoms with Gasteiger partial charge in [0.1, 0.15) is 11.6 Å². The summed E-state index contributed by atoms with van der Waals surface area (Å²) in [5.41, 5.74) is 0. The molecule has 1 aliphatic heterocycles. The first kappa shape index (κ1) is 11.2. The van der Waals surface area contributed by atoms with Crippen molar-refractivity contribution < 1.29 is 19.8 Å². The van der Waals surface area contributed by atoms with E-state index >= 15 is 0 Å². The quantitative estimate of drug-likeness (QED) is 0.720. The molecule has 0 aliphatic carbocycles. The van der Waals surface area contributed by atoms with Crippen LogP contribution in [-0.2, 0) is 4.79 Å². The maximum atomic E-state index is 11.5. The SMILES string of the molecule is O=C(O)N1CCN(c2ccc(O)cn2)CC1=O. The second kappa shape index (κ2) is 4.28. The summed E-state index contributed by atoms with van der Waals surface area (Å²) in [6.07, 6.45) is 0.0527. The number of pyridine rings is 1. The van der Waals surface area contributed by atoms with E-state index in [4.69, 9.17) is 10.2 Å². The lowest BCUT2D eigenvalue weighted by Crippen LogP contribution is -2.52. The molecule has 1 saturated heterocycles. The summed E-state index contributed by atoms with van der Waals surface area (Å²) in [7, 11) is 0. The Morgan fingerprint density at radius 3 is 2.65 bits per heavy atom. The zero-order valence-electron chi connectivity index (χ0n) is 8.91. The van der Waals surface area contributed by atoms with E-state index in [9.17, 15) is 9.59 Å². The maximum Gasteiger partial charge on any atom is 0.414 e. The summed E-state index contributed by atoms with van der Waals surface area (Å²) in [4.78, 5) is 28.6. The fraction of sp³-hybridized carbons (Fsp3) is 0.300. The lowest BCUT2D eigenvalue weighted by molar-refractivity contribution is -0.128. The average molecular weight is 237 g/mol. The van der Waals surface area contributed by atoms with Gasteiger partial charge in [-0.1, -0.05) is 0 Å². The first-order chi connectivity index (χ1) is 8.08. The molecule has 1 aromatic rings. The van der Waals surface area contributed by atoms with Crippen LogP contribution in [0.4, 0.5) is 10.6 Å². The average Bonchev–Trinajstić information content (AvgIpc) is 2.29. The number of hydrogen-bond donors (Lipinski definition) is 2. The van der Waals surface area contributed by atoms with Gasteiger partial charge in [0.25, 0.3) is 5.91 Å². The highest BCUT2D eigenvalue weighted by molar-refractivity contribution is 5.94. The number of carbonyl (C=O) groups excluding carboxylic acids is 1. The summed E-state index contributed by atoms with van der Waals surface area (Å²) in [5, 5.41) is 17.8. The summed E-state index contributed by atoms with van der Waals surface area (Å²) >= 11 is 0. The van der Waals surface area contributed by atoms with Crippen LogP contribution in [0.2, 0.25) is 0 Å². The summed E-state index contributed by atoms with van der Waals surface area (Å²) in [6.45, 7) is 0.497. The number of hydrogen-bond acceptors (Lipinski definition) is 5. The van der Waals surface area contributed by atoms with E-state index in [1.54, 1.807) is 11.0 Å². The topological polar surface area (TPSA) is 94.0 Å². The molecule has 0 bridgehead atoms. The molecule has 90 valence electrons. The number of anilines is 1. The van der Waals surface area contributed by atoms with Crippen LogP contribution in [-0.4, -0.2) is 51.7 Å². The number of nitrogens with zero attached hydrogens (tertiary/aromatic N) is 3. The highest BCUT2D eigenvalue weighted by atomic mass is 16.4. The van der Waals surface area contributed by atoms with Gasteiger partial charge in [-0.15, -0.1) is 0 Å². The highest BCUT2D eigenvalue weighted by Gasteiger charge is 2.28. The van der Waals surface area contributed by atoms with Gasteiger partial charge in [0.05, 0.1) is 12.7 Å². The van der Waals surface area contributed by atoms with Crippen LogP contribution in [0.25, 0.3) is 0 Å². The number of aromatic hydroxyl groups is 1. The predicted octanol–water partition coefficient (Wildman–Crippen LogP) is 0.114. The Balaban J connectivity index is 2.09. The van der Waals surface area contributed by atoms with Gasteiger partial charge in [0, 0.05) is 13.1 Å². The van der Waals surface area contributed by atoms with Crippen molar-refractivity contribution in [3.63, 3.8) is 0 Å². The van der Waals surface area contributed by atoms with Crippen LogP contribution in [0.5, 0.6) is 5.75 Å². The molecule has 2 amide bonds. The third kappa shape index (κ3) is 2.27. The highest BCUT2D eigenvalue weighted by Crippen LogP contribution is 2.16. The van der Waals surface area contributed by atoms with E-state index in [2.05, 4.69) is 4.98 Å². The molecule has 2 N–H and O–H groups in total. The Hall–Kier alpha value is -2.31. The summed E-state index contributed by atoms with van der Waals surface area (Å²) < 4.78 is 0. The van der Waals surface area contributed by atoms with Crippen LogP contribution in [0, 0.1) is 0 Å². The zero-order chi connectivity index (χ0) is 12.4. The van der Waals surface area contributed by atoms with Crippen molar-refractivity contribution in [1.82, 2.24) is 9.88 Å². The third-order valence-corrected chi connectivity index (χ3v) is 2.51. The van der Waals surface area contributed by atoms with Crippen molar-refractivity contribution in [2.75, 3.05) is 24.5 Å². The van der Waals surface area contributed by atoms with Gasteiger partial charge in [0.2, 0.25) is 0 Å². The smallest absolute Gasteiger partial charge is 0.414 e. The summed E-state index contributed by atoms with van der Waals surface area (Å²) in [5.74, 6) is 0.115. The van der Waals surface area contributed by atoms with Gasteiger partial charge in [-0.05, 0) is 12.1 Å². The Morgan fingerprint density at radius 2 is 2.12 bits per heavy atom. The second-order valence-corrected chi connectivity index (χ2v) is 3.62. The lowest BCUT2D eigenvalue weighted by atomic mass is 10.3. The van der Waals surface area contributed by atoms with Crippen molar-refractivity contribution in [2.24, 2.45) is 0 Å². The molecule has 0 unspecified atom stereocenters. The van der Waals surface area contributed by atoms with Crippen LogP contribution in [0.3, 0.4) is 0 Å². The minimum absolute atomic E-state index is 0.0237. The largest absolute Gasteiger partial charge is 0.506 e. The number of carbonyl (C=O) groups is 2. The van der Waals surface area contributed by atoms with E-state index in [0.29, 0.717) is 12.4 Å². The van der Waals surface area contributed by atoms with Gasteiger partial charge in [0.15, 0.2) is 0 Å². The fourth-order valence-corrected chi connectivity index (χ4v) is 1.64. The normalized spacial score (nSPS) is 16.1. The van der Waals surface area contributed by atoms with Gasteiger partial charge >= 0.3 is 6.09 Å². The molecule has 7 heteroatoms. The Bertz CT molecular complexity index is 445. The summed E-state index contributed by atoms with van der Waals surface area (Å²) in [6, 6.07) is 3.05. The van der Waals surface area contributed by atoms with E-state index in [1.165, 1.54) is 12.3 Å². The molecule has 2 rings (SSSR count). The van der Waals surface area contributed by atoms with E-state index < -0.39 is 12.0 Å². The van der Waals surface area contributed by atoms with Gasteiger partial charge in [-0.3, -0.25) is 4.79 Å². The van der Waals surface area contributed by atoms with Gasteiger partial charge < -0.3 is 15.1 Å². The zero-order valence-corrected chi connectivity index (χ0v) is 8.91. The number of aromatic nitrogens is 1. The van der Waals surface area contributed by atoms with Crippen LogP contribution in [0.1, 0.15) is 0 Å². The third-order valence-electron chi connectivity index (χ3n) is 2.51. The van der Waals surface area contributed by atoms with E-state index in [0.717, 1.165) is 4.90 Å². The number of rotatable bonds is 1. The van der Waals surface area contributed by atoms with E-state index in [-0.39, 0.29) is 18.8 Å². The second-order valence-electron chi connectivity index (χ2n) is 3.62. The molecular weight excluding hydrogens is 226 g/mol. The Kier molecular flexibility index (Phi) is 2.82. The molecule has 0 atom stereocenters. The molecule has 0 aromatic carbocycles. The molecule has 17 heavy (non-hydrogen) atoms. The molecule has 1 fully saturated rings. The van der Waals surface area contributed by atoms with Crippen molar-refractivity contribution in [2.45, 2.75) is 0 Å². The molecule has 0 saturated carbocycles. The van der Waals surface area contributed by atoms with Gasteiger partial charge in [-0.2, -0.15) is 0 Å². The number of piperazine rings is 1.